The predicted molar refractivity (Wildman–Crippen MR) is 76.1 cm³/mol. The van der Waals surface area contributed by atoms with Crippen LogP contribution in [0, 0.1) is 0 Å². The van der Waals surface area contributed by atoms with E-state index in [2.05, 4.69) is 4.90 Å². The van der Waals surface area contributed by atoms with Crippen LogP contribution in [-0.4, -0.2) is 48.7 Å². The predicted octanol–water partition coefficient (Wildman–Crippen LogP) is 1.50. The summed E-state index contributed by atoms with van der Waals surface area (Å²) >= 11 is 0. The average molecular weight is 262 g/mol. The average Bonchev–Trinajstić information content (AvgIpc) is 2.46. The monoisotopic (exact) mass is 262 g/mol. The SMILES string of the molecule is CN(CCCO)C1CCCN(c2ccccc2)C1=O. The van der Waals surface area contributed by atoms with E-state index in [1.54, 1.807) is 0 Å². The number of hydrogen-bond acceptors (Lipinski definition) is 3. The largest absolute Gasteiger partial charge is 0.396 e. The highest BCUT2D eigenvalue weighted by Crippen LogP contribution is 2.23. The van der Waals surface area contributed by atoms with Gasteiger partial charge < -0.3 is 10.0 Å². The van der Waals surface area contributed by atoms with Gasteiger partial charge in [-0.15, -0.1) is 0 Å². The van der Waals surface area contributed by atoms with Gasteiger partial charge in [-0.05, 0) is 38.4 Å². The van der Waals surface area contributed by atoms with Crippen LogP contribution in [-0.2, 0) is 4.79 Å². The zero-order valence-electron chi connectivity index (χ0n) is 11.5. The van der Waals surface area contributed by atoms with Crippen molar-refractivity contribution < 1.29 is 9.90 Å². The Hall–Kier alpha value is -1.39. The Morgan fingerprint density at radius 2 is 2.11 bits per heavy atom. The Kier molecular flexibility index (Phi) is 4.93. The minimum absolute atomic E-state index is 0.0551. The number of hydrogen-bond donors (Lipinski definition) is 1. The van der Waals surface area contributed by atoms with Gasteiger partial charge in [-0.25, -0.2) is 0 Å². The van der Waals surface area contributed by atoms with E-state index >= 15 is 0 Å². The number of nitrogens with zero attached hydrogens (tertiary/aromatic N) is 2. The van der Waals surface area contributed by atoms with Crippen LogP contribution in [0.25, 0.3) is 0 Å². The molecular formula is C15H22N2O2. The molecule has 1 aromatic rings. The fourth-order valence-electron chi connectivity index (χ4n) is 2.61. The molecule has 1 unspecified atom stereocenters. The van der Waals surface area contributed by atoms with Crippen LogP contribution in [0.15, 0.2) is 30.3 Å². The van der Waals surface area contributed by atoms with Gasteiger partial charge in [-0.3, -0.25) is 9.69 Å². The molecule has 2 rings (SSSR count). The molecule has 0 saturated carbocycles. The standard InChI is InChI=1S/C15H22N2O2/c1-16(10-6-12-18)14-9-5-11-17(15(14)19)13-7-3-2-4-8-13/h2-4,7-8,14,18H,5-6,9-12H2,1H3. The summed E-state index contributed by atoms with van der Waals surface area (Å²) in [5.41, 5.74) is 0.979. The number of anilines is 1. The van der Waals surface area contributed by atoms with E-state index in [0.717, 1.165) is 31.6 Å². The highest BCUT2D eigenvalue weighted by atomic mass is 16.3. The number of aliphatic hydroxyl groups excluding tert-OH is 1. The number of amides is 1. The van der Waals surface area contributed by atoms with E-state index in [0.29, 0.717) is 6.42 Å². The highest BCUT2D eigenvalue weighted by molar-refractivity contribution is 5.97. The summed E-state index contributed by atoms with van der Waals surface area (Å²) in [5.74, 6) is 0.179. The molecular weight excluding hydrogens is 240 g/mol. The number of likely N-dealkylation sites (N-methyl/N-ethyl adjacent to an activating group) is 1. The van der Waals surface area contributed by atoms with Crippen molar-refractivity contribution in [2.45, 2.75) is 25.3 Å². The van der Waals surface area contributed by atoms with Gasteiger partial charge in [0, 0.05) is 25.4 Å². The summed E-state index contributed by atoms with van der Waals surface area (Å²) in [4.78, 5) is 16.5. The van der Waals surface area contributed by atoms with Crippen LogP contribution in [0.2, 0.25) is 0 Å². The first-order chi connectivity index (χ1) is 9.24. The van der Waals surface area contributed by atoms with E-state index in [1.807, 2.05) is 42.3 Å². The van der Waals surface area contributed by atoms with Gasteiger partial charge in [-0.1, -0.05) is 18.2 Å². The van der Waals surface area contributed by atoms with Crippen molar-refractivity contribution in [3.05, 3.63) is 30.3 Å². The first kappa shape index (κ1) is 14.0. The zero-order chi connectivity index (χ0) is 13.7. The topological polar surface area (TPSA) is 43.8 Å². The van der Waals surface area contributed by atoms with Crippen LogP contribution in [0.1, 0.15) is 19.3 Å². The second-order valence-corrected chi connectivity index (χ2v) is 5.04. The Labute approximate surface area is 114 Å². The normalized spacial score (nSPS) is 20.1. The van der Waals surface area contributed by atoms with Gasteiger partial charge >= 0.3 is 0 Å². The van der Waals surface area contributed by atoms with Crippen LogP contribution >= 0.6 is 0 Å². The molecule has 0 radical (unpaired) electrons. The maximum atomic E-state index is 12.6. The molecule has 1 atom stereocenters. The van der Waals surface area contributed by atoms with Gasteiger partial charge in [0.25, 0.3) is 0 Å². The third kappa shape index (κ3) is 3.33. The van der Waals surface area contributed by atoms with Crippen molar-refractivity contribution in [2.24, 2.45) is 0 Å². The maximum absolute atomic E-state index is 12.6. The first-order valence-electron chi connectivity index (χ1n) is 6.91. The van der Waals surface area contributed by atoms with Gasteiger partial charge in [0.1, 0.15) is 0 Å². The Bertz CT molecular complexity index is 408. The smallest absolute Gasteiger partial charge is 0.244 e. The summed E-state index contributed by atoms with van der Waals surface area (Å²) in [5, 5.41) is 8.89. The van der Waals surface area contributed by atoms with Gasteiger partial charge in [0.05, 0.1) is 6.04 Å². The molecule has 0 aromatic heterocycles. The molecule has 104 valence electrons. The van der Waals surface area contributed by atoms with Crippen molar-refractivity contribution >= 4 is 11.6 Å². The molecule has 1 aliphatic heterocycles. The molecule has 0 spiro atoms. The summed E-state index contributed by atoms with van der Waals surface area (Å²) in [6.07, 6.45) is 2.64. The minimum atomic E-state index is -0.0551. The van der Waals surface area contributed by atoms with E-state index in [9.17, 15) is 4.79 Å². The molecule has 4 nitrogen and oxygen atoms in total. The van der Waals surface area contributed by atoms with E-state index in [1.165, 1.54) is 0 Å². The number of piperidine rings is 1. The van der Waals surface area contributed by atoms with Crippen LogP contribution in [0.3, 0.4) is 0 Å². The molecule has 1 saturated heterocycles. The van der Waals surface area contributed by atoms with Crippen molar-refractivity contribution in [1.82, 2.24) is 4.90 Å². The Morgan fingerprint density at radius 3 is 2.79 bits per heavy atom. The molecule has 19 heavy (non-hydrogen) atoms. The molecule has 1 heterocycles. The molecule has 4 heteroatoms. The van der Waals surface area contributed by atoms with Crippen molar-refractivity contribution in [2.75, 3.05) is 31.6 Å². The third-order valence-corrected chi connectivity index (χ3v) is 3.68. The van der Waals surface area contributed by atoms with Gasteiger partial charge in [0.15, 0.2) is 0 Å². The number of carbonyl (C=O) groups excluding carboxylic acids is 1. The maximum Gasteiger partial charge on any atom is 0.244 e. The quantitative estimate of drug-likeness (QED) is 0.874. The Morgan fingerprint density at radius 1 is 1.37 bits per heavy atom. The fraction of sp³-hybridized carbons (Fsp3) is 0.533. The molecule has 0 aliphatic carbocycles. The Balaban J connectivity index is 2.06. The van der Waals surface area contributed by atoms with Crippen molar-refractivity contribution in [3.8, 4) is 0 Å². The lowest BCUT2D eigenvalue weighted by Gasteiger charge is -2.36. The van der Waals surface area contributed by atoms with Crippen LogP contribution in [0.5, 0.6) is 0 Å². The molecule has 1 aliphatic rings. The lowest BCUT2D eigenvalue weighted by molar-refractivity contribution is -0.124. The van der Waals surface area contributed by atoms with Crippen LogP contribution in [0.4, 0.5) is 5.69 Å². The number of benzene rings is 1. The van der Waals surface area contributed by atoms with Crippen LogP contribution < -0.4 is 4.90 Å². The number of carbonyl (C=O) groups is 1. The zero-order valence-corrected chi connectivity index (χ0v) is 11.5. The van der Waals surface area contributed by atoms with Gasteiger partial charge in [-0.2, -0.15) is 0 Å². The number of aliphatic hydroxyl groups is 1. The summed E-state index contributed by atoms with van der Waals surface area (Å²) < 4.78 is 0. The lowest BCUT2D eigenvalue weighted by atomic mass is 10.0. The number of para-hydroxylation sites is 1. The summed E-state index contributed by atoms with van der Waals surface area (Å²) in [6, 6.07) is 9.79. The fourth-order valence-corrected chi connectivity index (χ4v) is 2.61. The first-order valence-corrected chi connectivity index (χ1v) is 6.91. The summed E-state index contributed by atoms with van der Waals surface area (Å²) in [6.45, 7) is 1.73. The second kappa shape index (κ2) is 6.68. The molecule has 1 N–H and O–H groups in total. The third-order valence-electron chi connectivity index (χ3n) is 3.68. The van der Waals surface area contributed by atoms with E-state index in [-0.39, 0.29) is 18.6 Å². The number of rotatable bonds is 5. The van der Waals surface area contributed by atoms with Gasteiger partial charge in [0.2, 0.25) is 5.91 Å². The molecule has 1 fully saturated rings. The molecule has 1 aromatic carbocycles. The molecule has 1 amide bonds. The van der Waals surface area contributed by atoms with Crippen molar-refractivity contribution in [1.29, 1.82) is 0 Å². The highest BCUT2D eigenvalue weighted by Gasteiger charge is 2.31. The van der Waals surface area contributed by atoms with Crippen molar-refractivity contribution in [3.63, 3.8) is 0 Å². The molecule has 0 bridgehead atoms. The minimum Gasteiger partial charge on any atom is -0.396 e. The summed E-state index contributed by atoms with van der Waals surface area (Å²) in [7, 11) is 1.96. The van der Waals surface area contributed by atoms with E-state index in [4.69, 9.17) is 5.11 Å². The van der Waals surface area contributed by atoms with E-state index < -0.39 is 0 Å². The second-order valence-electron chi connectivity index (χ2n) is 5.04. The lowest BCUT2D eigenvalue weighted by Crippen LogP contribution is -2.51.